The van der Waals surface area contributed by atoms with E-state index in [1.165, 1.54) is 0 Å². The summed E-state index contributed by atoms with van der Waals surface area (Å²) in [6.07, 6.45) is -0.712. The predicted octanol–water partition coefficient (Wildman–Crippen LogP) is 3.89. The summed E-state index contributed by atoms with van der Waals surface area (Å²) in [4.78, 5) is 24.4. The Morgan fingerprint density at radius 3 is 2.52 bits per heavy atom. The molecule has 1 N–H and O–H groups in total. The van der Waals surface area contributed by atoms with Gasteiger partial charge in [0.2, 0.25) is 0 Å². The molecule has 0 aliphatic heterocycles. The molecule has 5 nitrogen and oxygen atoms in total. The smallest absolute Gasteiger partial charge is 0.340 e. The van der Waals surface area contributed by atoms with E-state index in [0.29, 0.717) is 17.0 Å². The highest BCUT2D eigenvalue weighted by Crippen LogP contribution is 2.22. The van der Waals surface area contributed by atoms with E-state index >= 15 is 0 Å². The van der Waals surface area contributed by atoms with Crippen LogP contribution in [0.15, 0.2) is 42.5 Å². The summed E-state index contributed by atoms with van der Waals surface area (Å²) < 4.78 is 10.8. The highest BCUT2D eigenvalue weighted by Gasteiger charge is 2.19. The van der Waals surface area contributed by atoms with E-state index in [1.54, 1.807) is 38.1 Å². The number of hydrogen-bond donors (Lipinski definition) is 1. The van der Waals surface area contributed by atoms with Gasteiger partial charge in [-0.05, 0) is 57.0 Å². The molecule has 25 heavy (non-hydrogen) atoms. The SMILES string of the molecule is CCOC(=O)c1ccccc1NC(=O)[C@@H](C)Oc1cccc(C)c1C. The average molecular weight is 341 g/mol. The Hall–Kier alpha value is -2.82. The van der Waals surface area contributed by atoms with Gasteiger partial charge in [0, 0.05) is 0 Å². The summed E-state index contributed by atoms with van der Waals surface area (Å²) in [6.45, 7) is 7.62. The van der Waals surface area contributed by atoms with Gasteiger partial charge in [-0.3, -0.25) is 4.79 Å². The molecule has 5 heteroatoms. The van der Waals surface area contributed by atoms with Crippen LogP contribution in [0.25, 0.3) is 0 Å². The first-order valence-electron chi connectivity index (χ1n) is 8.24. The van der Waals surface area contributed by atoms with E-state index in [4.69, 9.17) is 9.47 Å². The van der Waals surface area contributed by atoms with Gasteiger partial charge in [0.05, 0.1) is 17.9 Å². The third-order valence-corrected chi connectivity index (χ3v) is 3.91. The van der Waals surface area contributed by atoms with Gasteiger partial charge >= 0.3 is 5.97 Å². The van der Waals surface area contributed by atoms with Crippen LogP contribution in [-0.4, -0.2) is 24.6 Å². The van der Waals surface area contributed by atoms with Gasteiger partial charge in [-0.1, -0.05) is 24.3 Å². The van der Waals surface area contributed by atoms with E-state index < -0.39 is 12.1 Å². The first kappa shape index (κ1) is 18.5. The van der Waals surface area contributed by atoms with Crippen LogP contribution in [0.5, 0.6) is 5.75 Å². The molecule has 2 rings (SSSR count). The lowest BCUT2D eigenvalue weighted by atomic mass is 10.1. The largest absolute Gasteiger partial charge is 0.481 e. The molecule has 0 spiro atoms. The van der Waals surface area contributed by atoms with Crippen molar-refractivity contribution in [2.45, 2.75) is 33.8 Å². The third-order valence-electron chi connectivity index (χ3n) is 3.91. The molecule has 0 saturated heterocycles. The van der Waals surface area contributed by atoms with Crippen molar-refractivity contribution in [2.24, 2.45) is 0 Å². The van der Waals surface area contributed by atoms with E-state index in [0.717, 1.165) is 11.1 Å². The van der Waals surface area contributed by atoms with Crippen molar-refractivity contribution in [1.82, 2.24) is 0 Å². The summed E-state index contributed by atoms with van der Waals surface area (Å²) in [5.74, 6) is -0.138. The van der Waals surface area contributed by atoms with Crippen molar-refractivity contribution in [3.05, 3.63) is 59.2 Å². The molecule has 2 aromatic carbocycles. The second kappa shape index (κ2) is 8.33. The highest BCUT2D eigenvalue weighted by atomic mass is 16.5. The lowest BCUT2D eigenvalue weighted by Gasteiger charge is -2.18. The maximum Gasteiger partial charge on any atom is 0.340 e. The quantitative estimate of drug-likeness (QED) is 0.810. The molecule has 0 bridgehead atoms. The Morgan fingerprint density at radius 1 is 1.08 bits per heavy atom. The molecule has 2 aromatic rings. The zero-order chi connectivity index (χ0) is 18.4. The minimum absolute atomic E-state index is 0.271. The molecule has 0 radical (unpaired) electrons. The maximum absolute atomic E-state index is 12.5. The van der Waals surface area contributed by atoms with Crippen molar-refractivity contribution in [3.8, 4) is 5.75 Å². The zero-order valence-electron chi connectivity index (χ0n) is 15.0. The van der Waals surface area contributed by atoms with Gasteiger partial charge in [0.1, 0.15) is 5.75 Å². The van der Waals surface area contributed by atoms with Crippen LogP contribution >= 0.6 is 0 Å². The monoisotopic (exact) mass is 341 g/mol. The molecule has 0 aliphatic rings. The number of aryl methyl sites for hydroxylation is 1. The summed E-state index contributed by atoms with van der Waals surface area (Å²) in [6, 6.07) is 12.4. The van der Waals surface area contributed by atoms with Crippen LogP contribution in [0.3, 0.4) is 0 Å². The fourth-order valence-electron chi connectivity index (χ4n) is 2.31. The molecular formula is C20H23NO4. The van der Waals surface area contributed by atoms with Crippen molar-refractivity contribution >= 4 is 17.6 Å². The molecule has 0 aromatic heterocycles. The van der Waals surface area contributed by atoms with Gasteiger partial charge in [-0.25, -0.2) is 4.79 Å². The third kappa shape index (κ3) is 4.59. The number of esters is 1. The van der Waals surface area contributed by atoms with Gasteiger partial charge in [0.25, 0.3) is 5.91 Å². The van der Waals surface area contributed by atoms with Crippen LogP contribution in [0.2, 0.25) is 0 Å². The number of anilines is 1. The Kier molecular flexibility index (Phi) is 6.17. The van der Waals surface area contributed by atoms with Crippen LogP contribution < -0.4 is 10.1 Å². The molecule has 0 unspecified atom stereocenters. The lowest BCUT2D eigenvalue weighted by Crippen LogP contribution is -2.31. The van der Waals surface area contributed by atoms with Gasteiger partial charge in [0.15, 0.2) is 6.10 Å². The summed E-state index contributed by atoms with van der Waals surface area (Å²) >= 11 is 0. The van der Waals surface area contributed by atoms with Gasteiger partial charge in [-0.15, -0.1) is 0 Å². The van der Waals surface area contributed by atoms with Crippen LogP contribution in [0.1, 0.15) is 35.3 Å². The van der Waals surface area contributed by atoms with E-state index in [9.17, 15) is 9.59 Å². The van der Waals surface area contributed by atoms with Crippen LogP contribution in [-0.2, 0) is 9.53 Å². The first-order chi connectivity index (χ1) is 11.9. The molecule has 0 heterocycles. The number of para-hydroxylation sites is 1. The standard InChI is InChI=1S/C20H23NO4/c1-5-24-20(23)16-10-6-7-11-17(16)21-19(22)15(4)25-18-12-8-9-13(2)14(18)3/h6-12,15H,5H2,1-4H3,(H,21,22)/t15-/m1/s1. The molecule has 132 valence electrons. The highest BCUT2D eigenvalue weighted by molar-refractivity contribution is 6.02. The molecule has 1 amide bonds. The van der Waals surface area contributed by atoms with Crippen molar-refractivity contribution < 1.29 is 19.1 Å². The van der Waals surface area contributed by atoms with Crippen molar-refractivity contribution in [3.63, 3.8) is 0 Å². The lowest BCUT2D eigenvalue weighted by molar-refractivity contribution is -0.122. The van der Waals surface area contributed by atoms with Crippen LogP contribution in [0.4, 0.5) is 5.69 Å². The maximum atomic E-state index is 12.5. The number of ether oxygens (including phenoxy) is 2. The fourth-order valence-corrected chi connectivity index (χ4v) is 2.31. The number of benzene rings is 2. The van der Waals surface area contributed by atoms with E-state index in [-0.39, 0.29) is 12.5 Å². The fraction of sp³-hybridized carbons (Fsp3) is 0.300. The number of rotatable bonds is 6. The number of hydrogen-bond acceptors (Lipinski definition) is 4. The molecule has 0 saturated carbocycles. The summed E-state index contributed by atoms with van der Waals surface area (Å²) in [5, 5.41) is 2.74. The molecule has 0 fully saturated rings. The predicted molar refractivity (Wildman–Crippen MR) is 97.0 cm³/mol. The number of amides is 1. The Balaban J connectivity index is 2.12. The minimum Gasteiger partial charge on any atom is -0.481 e. The molecular weight excluding hydrogens is 318 g/mol. The Bertz CT molecular complexity index is 770. The van der Waals surface area contributed by atoms with E-state index in [1.807, 2.05) is 32.0 Å². The first-order valence-corrected chi connectivity index (χ1v) is 8.24. The summed E-state index contributed by atoms with van der Waals surface area (Å²) in [5.41, 5.74) is 2.81. The number of carbonyl (C=O) groups excluding carboxylic acids is 2. The second-order valence-corrected chi connectivity index (χ2v) is 5.71. The Morgan fingerprint density at radius 2 is 1.80 bits per heavy atom. The number of carbonyl (C=O) groups is 2. The van der Waals surface area contributed by atoms with Crippen LogP contribution in [0, 0.1) is 13.8 Å². The Labute approximate surface area is 148 Å². The van der Waals surface area contributed by atoms with E-state index in [2.05, 4.69) is 5.32 Å². The normalized spacial score (nSPS) is 11.5. The summed E-state index contributed by atoms with van der Waals surface area (Å²) in [7, 11) is 0. The van der Waals surface area contributed by atoms with Crippen molar-refractivity contribution in [2.75, 3.05) is 11.9 Å². The molecule has 1 atom stereocenters. The minimum atomic E-state index is -0.712. The number of nitrogens with one attached hydrogen (secondary N) is 1. The molecule has 0 aliphatic carbocycles. The van der Waals surface area contributed by atoms with Gasteiger partial charge in [-0.2, -0.15) is 0 Å². The second-order valence-electron chi connectivity index (χ2n) is 5.71. The average Bonchev–Trinajstić information content (AvgIpc) is 2.59. The topological polar surface area (TPSA) is 64.6 Å². The zero-order valence-corrected chi connectivity index (χ0v) is 15.0. The van der Waals surface area contributed by atoms with Gasteiger partial charge < -0.3 is 14.8 Å². The van der Waals surface area contributed by atoms with Crippen molar-refractivity contribution in [1.29, 1.82) is 0 Å².